The monoisotopic (exact) mass is 204 g/mol. The molecule has 0 unspecified atom stereocenters. The fraction of sp³-hybridized carbons (Fsp3) is 0.455. The molecule has 0 saturated carbocycles. The maximum atomic E-state index is 5.67. The predicted molar refractivity (Wildman–Crippen MR) is 60.5 cm³/mol. The molecule has 2 heterocycles. The first kappa shape index (κ1) is 10.1. The van der Waals surface area contributed by atoms with Crippen molar-refractivity contribution in [1.82, 2.24) is 10.2 Å². The molecule has 15 heavy (non-hydrogen) atoms. The highest BCUT2D eigenvalue weighted by molar-refractivity contribution is 5.47. The molecule has 0 aliphatic carbocycles. The predicted octanol–water partition coefficient (Wildman–Crippen LogP) is 1.09. The van der Waals surface area contributed by atoms with Gasteiger partial charge in [0, 0.05) is 25.2 Å². The summed E-state index contributed by atoms with van der Waals surface area (Å²) in [6.45, 7) is 4.60. The number of rotatable bonds is 2. The van der Waals surface area contributed by atoms with Crippen LogP contribution in [-0.4, -0.2) is 23.3 Å². The molecule has 1 aliphatic heterocycles. The Morgan fingerprint density at radius 3 is 3.07 bits per heavy atom. The maximum absolute atomic E-state index is 5.67. The summed E-state index contributed by atoms with van der Waals surface area (Å²) >= 11 is 0. The van der Waals surface area contributed by atoms with Gasteiger partial charge in [0.15, 0.2) is 5.82 Å². The summed E-state index contributed by atoms with van der Waals surface area (Å²) in [5.74, 6) is 0.934. The SMILES string of the molecule is CC1=CCN(c2nnccc2CN)CC1. The molecule has 0 aromatic carbocycles. The van der Waals surface area contributed by atoms with Crippen LogP contribution in [0.1, 0.15) is 18.9 Å². The van der Waals surface area contributed by atoms with Gasteiger partial charge in [-0.2, -0.15) is 5.10 Å². The zero-order chi connectivity index (χ0) is 10.7. The van der Waals surface area contributed by atoms with E-state index in [1.807, 2.05) is 6.07 Å². The second-order valence-electron chi connectivity index (χ2n) is 3.83. The molecule has 80 valence electrons. The summed E-state index contributed by atoms with van der Waals surface area (Å²) in [7, 11) is 0. The molecule has 0 fully saturated rings. The molecule has 2 rings (SSSR count). The standard InChI is InChI=1S/C11H16N4/c1-9-3-6-15(7-4-9)11-10(8-12)2-5-13-14-11/h2-3,5H,4,6-8,12H2,1H3. The van der Waals surface area contributed by atoms with Gasteiger partial charge in [0.05, 0.1) is 6.20 Å². The molecule has 4 nitrogen and oxygen atoms in total. The Hall–Kier alpha value is -1.42. The maximum Gasteiger partial charge on any atom is 0.156 e. The van der Waals surface area contributed by atoms with E-state index in [2.05, 4.69) is 28.1 Å². The molecule has 0 radical (unpaired) electrons. The van der Waals surface area contributed by atoms with Gasteiger partial charge in [-0.05, 0) is 19.4 Å². The smallest absolute Gasteiger partial charge is 0.156 e. The van der Waals surface area contributed by atoms with E-state index in [-0.39, 0.29) is 0 Å². The second kappa shape index (κ2) is 4.40. The normalized spacial score (nSPS) is 16.4. The minimum absolute atomic E-state index is 0.518. The van der Waals surface area contributed by atoms with Crippen LogP contribution in [0.4, 0.5) is 5.82 Å². The van der Waals surface area contributed by atoms with E-state index in [0.29, 0.717) is 6.54 Å². The van der Waals surface area contributed by atoms with Crippen molar-refractivity contribution in [2.24, 2.45) is 5.73 Å². The van der Waals surface area contributed by atoms with Gasteiger partial charge < -0.3 is 10.6 Å². The van der Waals surface area contributed by atoms with Crippen molar-refractivity contribution in [2.75, 3.05) is 18.0 Å². The van der Waals surface area contributed by atoms with Crippen molar-refractivity contribution in [2.45, 2.75) is 19.9 Å². The van der Waals surface area contributed by atoms with Crippen LogP contribution in [0.15, 0.2) is 23.9 Å². The van der Waals surface area contributed by atoms with Crippen LogP contribution in [0.5, 0.6) is 0 Å². The molecular weight excluding hydrogens is 188 g/mol. The highest BCUT2D eigenvalue weighted by Crippen LogP contribution is 2.19. The third-order valence-corrected chi connectivity index (χ3v) is 2.74. The van der Waals surface area contributed by atoms with Crippen molar-refractivity contribution in [3.05, 3.63) is 29.5 Å². The molecule has 1 aromatic heterocycles. The van der Waals surface area contributed by atoms with Crippen LogP contribution in [0.25, 0.3) is 0 Å². The minimum Gasteiger partial charge on any atom is -0.351 e. The van der Waals surface area contributed by atoms with Gasteiger partial charge in [-0.1, -0.05) is 11.6 Å². The van der Waals surface area contributed by atoms with E-state index in [0.717, 1.165) is 30.9 Å². The van der Waals surface area contributed by atoms with Crippen LogP contribution in [0.3, 0.4) is 0 Å². The molecule has 2 N–H and O–H groups in total. The van der Waals surface area contributed by atoms with Crippen molar-refractivity contribution in [3.63, 3.8) is 0 Å². The number of anilines is 1. The lowest BCUT2D eigenvalue weighted by atomic mass is 10.1. The largest absolute Gasteiger partial charge is 0.351 e. The first-order valence-electron chi connectivity index (χ1n) is 5.22. The molecular formula is C11H16N4. The van der Waals surface area contributed by atoms with Crippen molar-refractivity contribution in [3.8, 4) is 0 Å². The molecule has 0 spiro atoms. The summed E-state index contributed by atoms with van der Waals surface area (Å²) in [6.07, 6.45) is 5.02. The number of nitrogens with two attached hydrogens (primary N) is 1. The summed E-state index contributed by atoms with van der Waals surface area (Å²) in [4.78, 5) is 2.22. The highest BCUT2D eigenvalue weighted by atomic mass is 15.3. The van der Waals surface area contributed by atoms with Crippen molar-refractivity contribution in [1.29, 1.82) is 0 Å². The van der Waals surface area contributed by atoms with Crippen LogP contribution in [0.2, 0.25) is 0 Å². The topological polar surface area (TPSA) is 55.0 Å². The molecule has 0 atom stereocenters. The van der Waals surface area contributed by atoms with Gasteiger partial charge in [-0.3, -0.25) is 0 Å². The van der Waals surface area contributed by atoms with E-state index < -0.39 is 0 Å². The van der Waals surface area contributed by atoms with Gasteiger partial charge >= 0.3 is 0 Å². The average Bonchev–Trinajstić information content (AvgIpc) is 2.30. The lowest BCUT2D eigenvalue weighted by Crippen LogP contribution is -2.30. The Morgan fingerprint density at radius 2 is 2.40 bits per heavy atom. The van der Waals surface area contributed by atoms with Gasteiger partial charge in [0.2, 0.25) is 0 Å². The lowest BCUT2D eigenvalue weighted by Gasteiger charge is -2.27. The molecule has 0 saturated heterocycles. The third-order valence-electron chi connectivity index (χ3n) is 2.74. The average molecular weight is 204 g/mol. The highest BCUT2D eigenvalue weighted by Gasteiger charge is 2.14. The lowest BCUT2D eigenvalue weighted by molar-refractivity contribution is 0.755. The van der Waals surface area contributed by atoms with Crippen molar-refractivity contribution >= 4 is 5.82 Å². The Balaban J connectivity index is 2.22. The van der Waals surface area contributed by atoms with Crippen molar-refractivity contribution < 1.29 is 0 Å². The van der Waals surface area contributed by atoms with Gasteiger partial charge in [0.25, 0.3) is 0 Å². The van der Waals surface area contributed by atoms with Gasteiger partial charge in [-0.25, -0.2) is 0 Å². The molecule has 0 bridgehead atoms. The third kappa shape index (κ3) is 2.15. The van der Waals surface area contributed by atoms with E-state index in [4.69, 9.17) is 5.73 Å². The van der Waals surface area contributed by atoms with Crippen LogP contribution < -0.4 is 10.6 Å². The van der Waals surface area contributed by atoms with Gasteiger partial charge in [-0.15, -0.1) is 5.10 Å². The fourth-order valence-electron chi connectivity index (χ4n) is 1.74. The first-order valence-corrected chi connectivity index (χ1v) is 5.22. The molecule has 0 amide bonds. The minimum atomic E-state index is 0.518. The zero-order valence-corrected chi connectivity index (χ0v) is 8.98. The molecule has 1 aliphatic rings. The summed E-state index contributed by atoms with van der Waals surface area (Å²) in [6, 6.07) is 1.94. The van der Waals surface area contributed by atoms with Crippen LogP contribution in [0, 0.1) is 0 Å². The molecule has 4 heteroatoms. The Morgan fingerprint density at radius 1 is 1.53 bits per heavy atom. The number of hydrogen-bond acceptors (Lipinski definition) is 4. The van der Waals surface area contributed by atoms with E-state index >= 15 is 0 Å². The van der Waals surface area contributed by atoms with E-state index in [1.165, 1.54) is 5.57 Å². The fourth-order valence-corrected chi connectivity index (χ4v) is 1.74. The first-order chi connectivity index (χ1) is 7.31. The van der Waals surface area contributed by atoms with Crippen LogP contribution in [-0.2, 0) is 6.54 Å². The summed E-state index contributed by atoms with van der Waals surface area (Å²) in [5, 5.41) is 8.08. The molecule has 1 aromatic rings. The summed E-state index contributed by atoms with van der Waals surface area (Å²) < 4.78 is 0. The second-order valence-corrected chi connectivity index (χ2v) is 3.83. The van der Waals surface area contributed by atoms with E-state index in [9.17, 15) is 0 Å². The Kier molecular flexibility index (Phi) is 2.97. The quantitative estimate of drug-likeness (QED) is 0.733. The van der Waals surface area contributed by atoms with Crippen LogP contribution >= 0.6 is 0 Å². The Bertz CT molecular complexity index is 373. The number of hydrogen-bond donors (Lipinski definition) is 1. The Labute approximate surface area is 89.8 Å². The van der Waals surface area contributed by atoms with Gasteiger partial charge in [0.1, 0.15) is 0 Å². The number of nitrogens with zero attached hydrogens (tertiary/aromatic N) is 3. The number of aromatic nitrogens is 2. The van der Waals surface area contributed by atoms with E-state index in [1.54, 1.807) is 6.20 Å². The summed E-state index contributed by atoms with van der Waals surface area (Å²) in [5.41, 5.74) is 8.19. The zero-order valence-electron chi connectivity index (χ0n) is 8.98.